The van der Waals surface area contributed by atoms with Crippen molar-refractivity contribution in [1.29, 1.82) is 0 Å². The van der Waals surface area contributed by atoms with Gasteiger partial charge in [-0.1, -0.05) is 19.2 Å². The molecule has 178 valence electrons. The SMILES string of the molecule is C=C/C(=C\C(=C)c1ccc2c(c1)N(C(=O)OC1CCOCC1)CC(C)N2C(C)=O)S(N)(=O)=O. The van der Waals surface area contributed by atoms with E-state index >= 15 is 0 Å². The summed E-state index contributed by atoms with van der Waals surface area (Å²) in [5.74, 6) is -0.157. The van der Waals surface area contributed by atoms with Gasteiger partial charge in [-0.05, 0) is 42.3 Å². The van der Waals surface area contributed by atoms with E-state index in [-0.39, 0.29) is 29.5 Å². The van der Waals surface area contributed by atoms with E-state index in [4.69, 9.17) is 14.6 Å². The molecule has 2 N–H and O–H groups in total. The number of anilines is 2. The van der Waals surface area contributed by atoms with Gasteiger partial charge in [0.25, 0.3) is 0 Å². The molecule has 0 aliphatic carbocycles. The molecule has 1 unspecified atom stereocenters. The fourth-order valence-corrected chi connectivity index (χ4v) is 4.53. The van der Waals surface area contributed by atoms with Crippen LogP contribution in [0.3, 0.4) is 0 Å². The molecule has 9 nitrogen and oxygen atoms in total. The lowest BCUT2D eigenvalue weighted by Gasteiger charge is -2.41. The summed E-state index contributed by atoms with van der Waals surface area (Å²) in [7, 11) is -3.97. The van der Waals surface area contributed by atoms with Gasteiger partial charge >= 0.3 is 6.09 Å². The normalized spacial score (nSPS) is 19.6. The molecule has 0 aromatic heterocycles. The summed E-state index contributed by atoms with van der Waals surface area (Å²) in [6.07, 6.45) is 2.95. The number of amides is 2. The predicted molar refractivity (Wildman–Crippen MR) is 127 cm³/mol. The Labute approximate surface area is 194 Å². The minimum atomic E-state index is -3.97. The van der Waals surface area contributed by atoms with E-state index in [2.05, 4.69) is 13.2 Å². The van der Waals surface area contributed by atoms with E-state index in [1.165, 1.54) is 17.9 Å². The second-order valence-corrected chi connectivity index (χ2v) is 9.63. The van der Waals surface area contributed by atoms with Crippen molar-refractivity contribution in [3.63, 3.8) is 0 Å². The van der Waals surface area contributed by atoms with Gasteiger partial charge in [0.15, 0.2) is 0 Å². The van der Waals surface area contributed by atoms with Crippen LogP contribution in [0.1, 0.15) is 32.3 Å². The predicted octanol–water partition coefficient (Wildman–Crippen LogP) is 2.94. The van der Waals surface area contributed by atoms with E-state index in [1.807, 2.05) is 6.92 Å². The molecule has 0 radical (unpaired) electrons. The van der Waals surface area contributed by atoms with Crippen LogP contribution in [-0.2, 0) is 24.3 Å². The Balaban J connectivity index is 2.00. The first-order chi connectivity index (χ1) is 15.5. The van der Waals surface area contributed by atoms with Crippen LogP contribution in [0.25, 0.3) is 5.57 Å². The molecule has 2 heterocycles. The number of nitrogens with zero attached hydrogens (tertiary/aromatic N) is 2. The van der Waals surface area contributed by atoms with Crippen molar-refractivity contribution < 1.29 is 27.5 Å². The maximum atomic E-state index is 13.1. The molecule has 1 saturated heterocycles. The molecule has 3 rings (SSSR count). The van der Waals surface area contributed by atoms with Crippen LogP contribution in [0, 0.1) is 0 Å². The number of hydrogen-bond acceptors (Lipinski definition) is 6. The summed E-state index contributed by atoms with van der Waals surface area (Å²) in [4.78, 5) is 28.4. The number of primary sulfonamides is 1. The fourth-order valence-electron chi connectivity index (χ4n) is 3.99. The standard InChI is InChI=1S/C23H29N3O6S/c1-5-20(33(24,29)30)12-15(2)18-6-7-21-22(13-18)25(14-16(3)26(21)17(4)27)23(28)32-19-8-10-31-11-9-19/h5-7,12-13,16,19H,1-2,8-11,14H2,3-4H3,(H2,24,29,30)/b20-12+. The van der Waals surface area contributed by atoms with Gasteiger partial charge in [-0.3, -0.25) is 9.69 Å². The highest BCUT2D eigenvalue weighted by Gasteiger charge is 2.35. The summed E-state index contributed by atoms with van der Waals surface area (Å²) in [6.45, 7) is 12.1. The van der Waals surface area contributed by atoms with Crippen LogP contribution in [0.2, 0.25) is 0 Å². The minimum absolute atomic E-state index is 0.157. The largest absolute Gasteiger partial charge is 0.446 e. The molecule has 1 fully saturated rings. The number of carbonyl (C=O) groups is 2. The first-order valence-corrected chi connectivity index (χ1v) is 12.1. The number of carbonyl (C=O) groups excluding carboxylic acids is 2. The van der Waals surface area contributed by atoms with Crippen molar-refractivity contribution in [3.8, 4) is 0 Å². The molecule has 10 heteroatoms. The smallest absolute Gasteiger partial charge is 0.414 e. The molecule has 2 aliphatic heterocycles. The average molecular weight is 476 g/mol. The van der Waals surface area contributed by atoms with E-state index < -0.39 is 16.1 Å². The minimum Gasteiger partial charge on any atom is -0.446 e. The van der Waals surface area contributed by atoms with Gasteiger partial charge in [0.1, 0.15) is 6.10 Å². The third-order valence-corrected chi connectivity index (χ3v) is 6.57. The number of fused-ring (bicyclic) bond motifs is 1. The van der Waals surface area contributed by atoms with Crippen molar-refractivity contribution in [1.82, 2.24) is 0 Å². The molecular weight excluding hydrogens is 446 g/mol. The Bertz CT molecular complexity index is 1110. The molecule has 1 aromatic rings. The van der Waals surface area contributed by atoms with Crippen LogP contribution in [-0.4, -0.2) is 52.3 Å². The first kappa shape index (κ1) is 24.7. The molecule has 0 spiro atoms. The number of allylic oxidation sites excluding steroid dienone is 3. The highest BCUT2D eigenvalue weighted by molar-refractivity contribution is 7.93. The van der Waals surface area contributed by atoms with Crippen molar-refractivity contribution in [2.24, 2.45) is 5.14 Å². The molecule has 0 bridgehead atoms. The number of benzene rings is 1. The number of nitrogens with two attached hydrogens (primary N) is 1. The van der Waals surface area contributed by atoms with Crippen LogP contribution in [0.4, 0.5) is 16.2 Å². The zero-order valence-electron chi connectivity index (χ0n) is 18.8. The molecule has 2 aliphatic rings. The summed E-state index contributed by atoms with van der Waals surface area (Å²) in [5, 5.41) is 5.21. The monoisotopic (exact) mass is 475 g/mol. The van der Waals surface area contributed by atoms with Crippen molar-refractivity contribution >= 4 is 39.0 Å². The highest BCUT2D eigenvalue weighted by Crippen LogP contribution is 2.38. The van der Waals surface area contributed by atoms with Crippen molar-refractivity contribution in [2.75, 3.05) is 29.6 Å². The molecular formula is C23H29N3O6S. The lowest BCUT2D eigenvalue weighted by molar-refractivity contribution is -0.117. The maximum Gasteiger partial charge on any atom is 0.414 e. The topological polar surface area (TPSA) is 119 Å². The molecule has 1 aromatic carbocycles. The van der Waals surface area contributed by atoms with Gasteiger partial charge < -0.3 is 14.4 Å². The second kappa shape index (κ2) is 9.90. The van der Waals surface area contributed by atoms with Gasteiger partial charge in [-0.25, -0.2) is 18.4 Å². The summed E-state index contributed by atoms with van der Waals surface area (Å²) < 4.78 is 34.5. The lowest BCUT2D eigenvalue weighted by atomic mass is 10.0. The molecule has 33 heavy (non-hydrogen) atoms. The van der Waals surface area contributed by atoms with Gasteiger partial charge in [0, 0.05) is 26.3 Å². The maximum absolute atomic E-state index is 13.1. The van der Waals surface area contributed by atoms with Crippen LogP contribution in [0.15, 0.2) is 48.4 Å². The van der Waals surface area contributed by atoms with Gasteiger partial charge in [-0.2, -0.15) is 0 Å². The first-order valence-electron chi connectivity index (χ1n) is 10.6. The Morgan fingerprint density at radius 3 is 2.48 bits per heavy atom. The summed E-state index contributed by atoms with van der Waals surface area (Å²) >= 11 is 0. The van der Waals surface area contributed by atoms with Crippen molar-refractivity contribution in [3.05, 3.63) is 54.0 Å². The fraction of sp³-hybridized carbons (Fsp3) is 0.391. The highest BCUT2D eigenvalue weighted by atomic mass is 32.2. The molecule has 1 atom stereocenters. The quantitative estimate of drug-likeness (QED) is 0.654. The third-order valence-electron chi connectivity index (χ3n) is 5.63. The van der Waals surface area contributed by atoms with E-state index in [9.17, 15) is 18.0 Å². The van der Waals surface area contributed by atoms with Gasteiger partial charge in [-0.15, -0.1) is 0 Å². The summed E-state index contributed by atoms with van der Waals surface area (Å²) in [6, 6.07) is 4.84. The van der Waals surface area contributed by atoms with Gasteiger partial charge in [0.05, 0.1) is 35.5 Å². The average Bonchev–Trinajstić information content (AvgIpc) is 2.75. The second-order valence-electron chi connectivity index (χ2n) is 8.07. The van der Waals surface area contributed by atoms with Crippen molar-refractivity contribution in [2.45, 2.75) is 38.8 Å². The Hall–Kier alpha value is -2.95. The molecule has 2 amide bonds. The summed E-state index contributed by atoms with van der Waals surface area (Å²) in [5.41, 5.74) is 1.94. The Kier molecular flexibility index (Phi) is 7.41. The lowest BCUT2D eigenvalue weighted by Crippen LogP contribution is -2.52. The van der Waals surface area contributed by atoms with E-state index in [0.29, 0.717) is 48.6 Å². The molecule has 0 saturated carbocycles. The van der Waals surface area contributed by atoms with Gasteiger partial charge in [0.2, 0.25) is 15.9 Å². The Morgan fingerprint density at radius 2 is 1.91 bits per heavy atom. The number of hydrogen-bond donors (Lipinski definition) is 1. The zero-order valence-corrected chi connectivity index (χ0v) is 19.6. The third kappa shape index (κ3) is 5.52. The number of ether oxygens (including phenoxy) is 2. The van der Waals surface area contributed by atoms with Crippen LogP contribution < -0.4 is 14.9 Å². The van der Waals surface area contributed by atoms with Crippen LogP contribution >= 0.6 is 0 Å². The van der Waals surface area contributed by atoms with E-state index in [1.54, 1.807) is 23.1 Å². The number of sulfonamides is 1. The van der Waals surface area contributed by atoms with Crippen LogP contribution in [0.5, 0.6) is 0 Å². The zero-order chi connectivity index (χ0) is 24.3. The Morgan fingerprint density at radius 1 is 1.24 bits per heavy atom. The number of rotatable bonds is 5. The van der Waals surface area contributed by atoms with E-state index in [0.717, 1.165) is 6.08 Å².